The summed E-state index contributed by atoms with van der Waals surface area (Å²) in [4.78, 5) is 2.49. The zero-order chi connectivity index (χ0) is 13.9. The van der Waals surface area contributed by atoms with E-state index in [1.807, 2.05) is 0 Å². The monoisotopic (exact) mass is 266 g/mol. The molecule has 1 heterocycles. The summed E-state index contributed by atoms with van der Waals surface area (Å²) in [6, 6.07) is 15.4. The first-order valence-corrected chi connectivity index (χ1v) is 7.38. The quantitative estimate of drug-likeness (QED) is 0.922. The highest BCUT2D eigenvalue weighted by atomic mass is 15.1. The molecule has 0 fully saturated rings. The van der Waals surface area contributed by atoms with E-state index in [1.165, 1.54) is 40.8 Å². The molecule has 0 unspecified atom stereocenters. The Bertz CT molecular complexity index is 604. The Hall–Kier alpha value is -1.80. The van der Waals surface area contributed by atoms with Crippen LogP contribution in [0.25, 0.3) is 0 Å². The SMILES string of the molecule is Cc1ccc2c(c1)CCCN2Cc1cccc(CN)c1. The molecular weight excluding hydrogens is 244 g/mol. The van der Waals surface area contributed by atoms with Crippen molar-refractivity contribution < 1.29 is 0 Å². The molecule has 2 aromatic rings. The summed E-state index contributed by atoms with van der Waals surface area (Å²) < 4.78 is 0. The van der Waals surface area contributed by atoms with E-state index in [0.29, 0.717) is 6.54 Å². The molecule has 1 aliphatic rings. The number of benzene rings is 2. The van der Waals surface area contributed by atoms with Crippen molar-refractivity contribution in [3.8, 4) is 0 Å². The van der Waals surface area contributed by atoms with E-state index in [1.54, 1.807) is 0 Å². The number of hydrogen-bond acceptors (Lipinski definition) is 2. The van der Waals surface area contributed by atoms with Crippen LogP contribution in [-0.2, 0) is 19.5 Å². The van der Waals surface area contributed by atoms with Crippen molar-refractivity contribution >= 4 is 5.69 Å². The highest BCUT2D eigenvalue weighted by Gasteiger charge is 2.16. The fourth-order valence-electron chi connectivity index (χ4n) is 3.04. The molecule has 2 heteroatoms. The fourth-order valence-corrected chi connectivity index (χ4v) is 3.04. The van der Waals surface area contributed by atoms with Gasteiger partial charge in [-0.05, 0) is 42.5 Å². The average Bonchev–Trinajstić information content (AvgIpc) is 2.47. The number of nitrogens with zero attached hydrogens (tertiary/aromatic N) is 1. The summed E-state index contributed by atoms with van der Waals surface area (Å²) in [5, 5.41) is 0. The van der Waals surface area contributed by atoms with Gasteiger partial charge in [-0.1, -0.05) is 42.0 Å². The lowest BCUT2D eigenvalue weighted by Crippen LogP contribution is -2.28. The van der Waals surface area contributed by atoms with Crippen molar-refractivity contribution in [1.29, 1.82) is 0 Å². The normalized spacial score (nSPS) is 14.2. The molecule has 1 aliphatic heterocycles. The van der Waals surface area contributed by atoms with Crippen molar-refractivity contribution in [2.75, 3.05) is 11.4 Å². The van der Waals surface area contributed by atoms with Gasteiger partial charge < -0.3 is 10.6 Å². The minimum atomic E-state index is 0.615. The van der Waals surface area contributed by atoms with E-state index in [0.717, 1.165) is 13.1 Å². The standard InChI is InChI=1S/C18H22N2/c1-14-7-8-18-17(10-14)6-3-9-20(18)13-16-5-2-4-15(11-16)12-19/h2,4-5,7-8,10-11H,3,6,9,12-13,19H2,1H3. The van der Waals surface area contributed by atoms with E-state index >= 15 is 0 Å². The maximum absolute atomic E-state index is 5.73. The van der Waals surface area contributed by atoms with Gasteiger partial charge in [-0.15, -0.1) is 0 Å². The summed E-state index contributed by atoms with van der Waals surface area (Å²) in [6.07, 6.45) is 2.45. The van der Waals surface area contributed by atoms with Crippen LogP contribution in [-0.4, -0.2) is 6.54 Å². The van der Waals surface area contributed by atoms with Crippen LogP contribution in [0.3, 0.4) is 0 Å². The molecule has 0 aromatic heterocycles. The second-order valence-corrected chi connectivity index (χ2v) is 5.68. The summed E-state index contributed by atoms with van der Waals surface area (Å²) in [7, 11) is 0. The van der Waals surface area contributed by atoms with Crippen LogP contribution in [0.1, 0.15) is 28.7 Å². The van der Waals surface area contributed by atoms with Gasteiger partial charge in [0.1, 0.15) is 0 Å². The number of nitrogens with two attached hydrogens (primary N) is 1. The van der Waals surface area contributed by atoms with Gasteiger partial charge in [-0.2, -0.15) is 0 Å². The Kier molecular flexibility index (Phi) is 3.75. The molecule has 0 saturated carbocycles. The largest absolute Gasteiger partial charge is 0.367 e. The van der Waals surface area contributed by atoms with Crippen LogP contribution in [0, 0.1) is 6.92 Å². The van der Waals surface area contributed by atoms with E-state index in [9.17, 15) is 0 Å². The van der Waals surface area contributed by atoms with Gasteiger partial charge in [0.15, 0.2) is 0 Å². The third-order valence-corrected chi connectivity index (χ3v) is 4.05. The maximum atomic E-state index is 5.73. The minimum absolute atomic E-state index is 0.615. The number of hydrogen-bond donors (Lipinski definition) is 1. The lowest BCUT2D eigenvalue weighted by Gasteiger charge is -2.31. The van der Waals surface area contributed by atoms with Gasteiger partial charge in [0.2, 0.25) is 0 Å². The van der Waals surface area contributed by atoms with Crippen LogP contribution in [0.5, 0.6) is 0 Å². The average molecular weight is 266 g/mol. The Labute approximate surface area is 121 Å². The zero-order valence-electron chi connectivity index (χ0n) is 12.1. The topological polar surface area (TPSA) is 29.3 Å². The van der Waals surface area contributed by atoms with E-state index in [-0.39, 0.29) is 0 Å². The first kappa shape index (κ1) is 13.2. The van der Waals surface area contributed by atoms with Gasteiger partial charge >= 0.3 is 0 Å². The lowest BCUT2D eigenvalue weighted by molar-refractivity contribution is 0.690. The summed E-state index contributed by atoms with van der Waals surface area (Å²) in [5.41, 5.74) is 12.5. The smallest absolute Gasteiger partial charge is 0.0429 e. The first-order chi connectivity index (χ1) is 9.76. The molecule has 0 amide bonds. The highest BCUT2D eigenvalue weighted by Crippen LogP contribution is 2.29. The second kappa shape index (κ2) is 5.68. The molecule has 2 nitrogen and oxygen atoms in total. The molecule has 0 bridgehead atoms. The van der Waals surface area contributed by atoms with E-state index in [2.05, 4.69) is 54.3 Å². The molecule has 0 aliphatic carbocycles. The minimum Gasteiger partial charge on any atom is -0.367 e. The molecule has 0 atom stereocenters. The van der Waals surface area contributed by atoms with Crippen LogP contribution in [0.4, 0.5) is 5.69 Å². The zero-order valence-corrected chi connectivity index (χ0v) is 12.1. The van der Waals surface area contributed by atoms with Crippen LogP contribution < -0.4 is 10.6 Å². The summed E-state index contributed by atoms with van der Waals surface area (Å²) >= 11 is 0. The predicted octanol–water partition coefficient (Wildman–Crippen LogP) is 3.41. The van der Waals surface area contributed by atoms with Gasteiger partial charge in [0, 0.05) is 25.3 Å². The van der Waals surface area contributed by atoms with Crippen molar-refractivity contribution in [2.45, 2.75) is 32.9 Å². The highest BCUT2D eigenvalue weighted by molar-refractivity contribution is 5.57. The number of rotatable bonds is 3. The van der Waals surface area contributed by atoms with Gasteiger partial charge in [0.25, 0.3) is 0 Å². The van der Waals surface area contributed by atoms with Gasteiger partial charge in [-0.3, -0.25) is 0 Å². The molecule has 2 N–H and O–H groups in total. The number of aryl methyl sites for hydroxylation is 2. The van der Waals surface area contributed by atoms with E-state index < -0.39 is 0 Å². The van der Waals surface area contributed by atoms with Crippen LogP contribution in [0.15, 0.2) is 42.5 Å². The second-order valence-electron chi connectivity index (χ2n) is 5.68. The molecule has 0 saturated heterocycles. The fraction of sp³-hybridized carbons (Fsp3) is 0.333. The number of fused-ring (bicyclic) bond motifs is 1. The van der Waals surface area contributed by atoms with Crippen molar-refractivity contribution in [3.63, 3.8) is 0 Å². The van der Waals surface area contributed by atoms with Crippen LogP contribution in [0.2, 0.25) is 0 Å². The Morgan fingerprint density at radius 3 is 2.80 bits per heavy atom. The Balaban J connectivity index is 1.85. The molecule has 104 valence electrons. The molecule has 0 radical (unpaired) electrons. The van der Waals surface area contributed by atoms with E-state index in [4.69, 9.17) is 5.73 Å². The molecule has 20 heavy (non-hydrogen) atoms. The first-order valence-electron chi connectivity index (χ1n) is 7.38. The lowest BCUT2D eigenvalue weighted by atomic mass is 9.99. The van der Waals surface area contributed by atoms with Crippen molar-refractivity contribution in [3.05, 3.63) is 64.7 Å². The molecular formula is C18H22N2. The third-order valence-electron chi connectivity index (χ3n) is 4.05. The van der Waals surface area contributed by atoms with Crippen LogP contribution >= 0.6 is 0 Å². The van der Waals surface area contributed by atoms with Crippen molar-refractivity contribution in [2.24, 2.45) is 5.73 Å². The predicted molar refractivity (Wildman–Crippen MR) is 84.9 cm³/mol. The molecule has 2 aromatic carbocycles. The third kappa shape index (κ3) is 2.70. The van der Waals surface area contributed by atoms with Gasteiger partial charge in [0.05, 0.1) is 0 Å². The van der Waals surface area contributed by atoms with Gasteiger partial charge in [-0.25, -0.2) is 0 Å². The molecule has 0 spiro atoms. The maximum Gasteiger partial charge on any atom is 0.0429 e. The summed E-state index contributed by atoms with van der Waals surface area (Å²) in [5.74, 6) is 0. The Morgan fingerprint density at radius 1 is 1.10 bits per heavy atom. The Morgan fingerprint density at radius 2 is 1.95 bits per heavy atom. The summed E-state index contributed by atoms with van der Waals surface area (Å²) in [6.45, 7) is 4.90. The van der Waals surface area contributed by atoms with Crippen molar-refractivity contribution in [1.82, 2.24) is 0 Å². The molecule has 3 rings (SSSR count). The number of anilines is 1.